The zero-order chi connectivity index (χ0) is 17.8. The Balaban J connectivity index is 1.83. The third-order valence-corrected chi connectivity index (χ3v) is 3.81. The van der Waals surface area contributed by atoms with Crippen LogP contribution in [0.15, 0.2) is 42.5 Å². The summed E-state index contributed by atoms with van der Waals surface area (Å²) in [6.07, 6.45) is 0. The van der Waals surface area contributed by atoms with Crippen molar-refractivity contribution in [3.05, 3.63) is 53.8 Å². The number of aliphatic hydroxyl groups excluding tert-OH is 1. The van der Waals surface area contributed by atoms with Gasteiger partial charge < -0.3 is 20.3 Å². The van der Waals surface area contributed by atoms with Gasteiger partial charge in [-0.2, -0.15) is 0 Å². The quantitative estimate of drug-likeness (QED) is 0.643. The standard InChI is InChI=1S/C18H19FN4O2/c1-12-6-7-13(10-14(12)19)21-17(25)11-23-16-5-3-2-4-15(16)22-18(23)20-8-9-24/h2-7,10,24H,8-9,11H2,1H3,(H,20,22)(H,21,25). The first kappa shape index (κ1) is 16.9. The largest absolute Gasteiger partial charge is 0.395 e. The van der Waals surface area contributed by atoms with E-state index in [0.717, 1.165) is 11.0 Å². The number of anilines is 2. The van der Waals surface area contributed by atoms with Gasteiger partial charge in [-0.3, -0.25) is 4.79 Å². The highest BCUT2D eigenvalue weighted by atomic mass is 19.1. The summed E-state index contributed by atoms with van der Waals surface area (Å²) in [5.41, 5.74) is 2.47. The summed E-state index contributed by atoms with van der Waals surface area (Å²) in [4.78, 5) is 16.8. The molecule has 0 aliphatic carbocycles. The van der Waals surface area contributed by atoms with Gasteiger partial charge in [-0.05, 0) is 36.8 Å². The molecule has 1 heterocycles. The number of hydrogen-bond acceptors (Lipinski definition) is 4. The summed E-state index contributed by atoms with van der Waals surface area (Å²) in [6, 6.07) is 12.0. The van der Waals surface area contributed by atoms with Crippen molar-refractivity contribution in [1.82, 2.24) is 9.55 Å². The Morgan fingerprint density at radius 1 is 1.28 bits per heavy atom. The fourth-order valence-electron chi connectivity index (χ4n) is 2.55. The van der Waals surface area contributed by atoms with Crippen molar-refractivity contribution >= 4 is 28.6 Å². The Morgan fingerprint density at radius 3 is 2.84 bits per heavy atom. The lowest BCUT2D eigenvalue weighted by molar-refractivity contribution is -0.116. The Labute approximate surface area is 144 Å². The average Bonchev–Trinajstić information content (AvgIpc) is 2.94. The number of aryl methyl sites for hydroxylation is 1. The number of aliphatic hydroxyl groups is 1. The molecule has 2 aromatic carbocycles. The van der Waals surface area contributed by atoms with Crippen molar-refractivity contribution in [3.63, 3.8) is 0 Å². The van der Waals surface area contributed by atoms with Gasteiger partial charge in [-0.25, -0.2) is 9.37 Å². The summed E-state index contributed by atoms with van der Waals surface area (Å²) in [5, 5.41) is 14.7. The molecule has 25 heavy (non-hydrogen) atoms. The molecular formula is C18H19FN4O2. The molecule has 1 amide bonds. The molecule has 0 saturated carbocycles. The van der Waals surface area contributed by atoms with Crippen LogP contribution in [0.1, 0.15) is 5.56 Å². The number of imidazole rings is 1. The van der Waals surface area contributed by atoms with Gasteiger partial charge in [-0.1, -0.05) is 18.2 Å². The maximum Gasteiger partial charge on any atom is 0.244 e. The van der Waals surface area contributed by atoms with Gasteiger partial charge in [-0.15, -0.1) is 0 Å². The number of rotatable bonds is 6. The number of nitrogens with one attached hydrogen (secondary N) is 2. The van der Waals surface area contributed by atoms with Gasteiger partial charge in [0.1, 0.15) is 12.4 Å². The molecule has 0 aliphatic rings. The molecule has 0 bridgehead atoms. The van der Waals surface area contributed by atoms with Crippen LogP contribution in [0.25, 0.3) is 11.0 Å². The van der Waals surface area contributed by atoms with Crippen molar-refractivity contribution in [3.8, 4) is 0 Å². The maximum atomic E-state index is 13.6. The van der Waals surface area contributed by atoms with Crippen LogP contribution in [-0.4, -0.2) is 33.7 Å². The molecule has 0 radical (unpaired) electrons. The van der Waals surface area contributed by atoms with E-state index in [0.29, 0.717) is 23.7 Å². The predicted molar refractivity (Wildman–Crippen MR) is 95.1 cm³/mol. The van der Waals surface area contributed by atoms with E-state index < -0.39 is 0 Å². The van der Waals surface area contributed by atoms with Crippen LogP contribution < -0.4 is 10.6 Å². The first-order valence-electron chi connectivity index (χ1n) is 7.94. The maximum absolute atomic E-state index is 13.6. The number of benzene rings is 2. The Bertz CT molecular complexity index is 907. The summed E-state index contributed by atoms with van der Waals surface area (Å²) in [5.74, 6) is -0.157. The van der Waals surface area contributed by atoms with Crippen LogP contribution >= 0.6 is 0 Å². The van der Waals surface area contributed by atoms with E-state index >= 15 is 0 Å². The number of amides is 1. The van der Waals surface area contributed by atoms with Crippen LogP contribution in [0.5, 0.6) is 0 Å². The van der Waals surface area contributed by atoms with E-state index in [1.165, 1.54) is 6.07 Å². The molecule has 130 valence electrons. The smallest absolute Gasteiger partial charge is 0.244 e. The third-order valence-electron chi connectivity index (χ3n) is 3.81. The molecule has 3 aromatic rings. The number of hydrogen-bond donors (Lipinski definition) is 3. The van der Waals surface area contributed by atoms with E-state index in [2.05, 4.69) is 15.6 Å². The molecule has 3 rings (SSSR count). The van der Waals surface area contributed by atoms with E-state index in [9.17, 15) is 9.18 Å². The highest BCUT2D eigenvalue weighted by molar-refractivity contribution is 5.92. The summed E-state index contributed by atoms with van der Waals surface area (Å²) in [6.45, 7) is 1.97. The average molecular weight is 342 g/mol. The molecular weight excluding hydrogens is 323 g/mol. The number of halogens is 1. The van der Waals surface area contributed by atoms with Gasteiger partial charge in [0, 0.05) is 12.2 Å². The zero-order valence-corrected chi connectivity index (χ0v) is 13.8. The number of nitrogens with zero attached hydrogens (tertiary/aromatic N) is 2. The SMILES string of the molecule is Cc1ccc(NC(=O)Cn2c(NCCO)nc3ccccc32)cc1F. The van der Waals surface area contributed by atoms with Gasteiger partial charge in [0.05, 0.1) is 17.6 Å². The molecule has 0 aliphatic heterocycles. The molecule has 3 N–H and O–H groups in total. The highest BCUT2D eigenvalue weighted by Crippen LogP contribution is 2.20. The molecule has 0 saturated heterocycles. The first-order valence-corrected chi connectivity index (χ1v) is 7.94. The fourth-order valence-corrected chi connectivity index (χ4v) is 2.55. The number of fused-ring (bicyclic) bond motifs is 1. The van der Waals surface area contributed by atoms with Crippen molar-refractivity contribution < 1.29 is 14.3 Å². The van der Waals surface area contributed by atoms with Crippen molar-refractivity contribution in [2.24, 2.45) is 0 Å². The minimum atomic E-state index is -0.365. The number of carbonyl (C=O) groups excluding carboxylic acids is 1. The van der Waals surface area contributed by atoms with Gasteiger partial charge >= 0.3 is 0 Å². The minimum Gasteiger partial charge on any atom is -0.395 e. The second-order valence-corrected chi connectivity index (χ2v) is 5.67. The lowest BCUT2D eigenvalue weighted by atomic mass is 10.2. The third kappa shape index (κ3) is 3.77. The van der Waals surface area contributed by atoms with E-state index in [4.69, 9.17) is 5.11 Å². The normalized spacial score (nSPS) is 10.8. The second kappa shape index (κ2) is 7.31. The summed E-state index contributed by atoms with van der Waals surface area (Å²) < 4.78 is 15.3. The van der Waals surface area contributed by atoms with Crippen LogP contribution in [0.3, 0.4) is 0 Å². The van der Waals surface area contributed by atoms with Gasteiger partial charge in [0.2, 0.25) is 11.9 Å². The summed E-state index contributed by atoms with van der Waals surface area (Å²) in [7, 11) is 0. The minimum absolute atomic E-state index is 0.0176. The summed E-state index contributed by atoms with van der Waals surface area (Å²) >= 11 is 0. The van der Waals surface area contributed by atoms with Crippen LogP contribution in [0.2, 0.25) is 0 Å². The molecule has 0 fully saturated rings. The zero-order valence-electron chi connectivity index (χ0n) is 13.8. The number of carbonyl (C=O) groups is 1. The van der Waals surface area contributed by atoms with Crippen molar-refractivity contribution in [1.29, 1.82) is 0 Å². The van der Waals surface area contributed by atoms with Crippen molar-refractivity contribution in [2.75, 3.05) is 23.8 Å². The monoisotopic (exact) mass is 342 g/mol. The lowest BCUT2D eigenvalue weighted by Crippen LogP contribution is -2.21. The van der Waals surface area contributed by atoms with Crippen LogP contribution in [-0.2, 0) is 11.3 Å². The van der Waals surface area contributed by atoms with E-state index in [1.807, 2.05) is 24.3 Å². The van der Waals surface area contributed by atoms with E-state index in [1.54, 1.807) is 23.6 Å². The fraction of sp³-hybridized carbons (Fsp3) is 0.222. The lowest BCUT2D eigenvalue weighted by Gasteiger charge is -2.11. The van der Waals surface area contributed by atoms with Crippen molar-refractivity contribution in [2.45, 2.75) is 13.5 Å². The molecule has 1 aromatic heterocycles. The van der Waals surface area contributed by atoms with Gasteiger partial charge in [0.25, 0.3) is 0 Å². The predicted octanol–water partition coefficient (Wildman–Crippen LogP) is 2.53. The molecule has 6 nitrogen and oxygen atoms in total. The second-order valence-electron chi connectivity index (χ2n) is 5.67. The molecule has 0 atom stereocenters. The topological polar surface area (TPSA) is 79.2 Å². The van der Waals surface area contributed by atoms with Gasteiger partial charge in [0.15, 0.2) is 0 Å². The molecule has 7 heteroatoms. The Hall–Kier alpha value is -2.93. The van der Waals surface area contributed by atoms with E-state index in [-0.39, 0.29) is 24.9 Å². The highest BCUT2D eigenvalue weighted by Gasteiger charge is 2.13. The first-order chi connectivity index (χ1) is 12.1. The number of aromatic nitrogens is 2. The van der Waals surface area contributed by atoms with Crippen LogP contribution in [0.4, 0.5) is 16.0 Å². The molecule has 0 spiro atoms. The Kier molecular flexibility index (Phi) is 4.95. The number of para-hydroxylation sites is 2. The molecule has 0 unspecified atom stereocenters. The van der Waals surface area contributed by atoms with Crippen LogP contribution in [0, 0.1) is 12.7 Å². The Morgan fingerprint density at radius 2 is 2.08 bits per heavy atom.